The molecule has 0 unspecified atom stereocenters. The molecule has 11 heteroatoms. The number of nitrogens with one attached hydrogen (secondary N) is 1. The van der Waals surface area contributed by atoms with Gasteiger partial charge in [-0.15, -0.1) is 0 Å². The van der Waals surface area contributed by atoms with Gasteiger partial charge in [0.2, 0.25) is 0 Å². The fraction of sp³-hybridized carbons (Fsp3) is 0.240. The van der Waals surface area contributed by atoms with Gasteiger partial charge in [-0.05, 0) is 24.1 Å². The van der Waals surface area contributed by atoms with Gasteiger partial charge in [0.25, 0.3) is 0 Å². The normalized spacial score (nSPS) is 15.0. The molecule has 0 bridgehead atoms. The fourth-order valence-corrected chi connectivity index (χ4v) is 4.67. The van der Waals surface area contributed by atoms with Crippen molar-refractivity contribution in [3.63, 3.8) is 0 Å². The molecule has 1 N–H and O–H groups in total. The van der Waals surface area contributed by atoms with Gasteiger partial charge < -0.3 is 14.8 Å². The maximum Gasteiger partial charge on any atom is 0.433 e. The van der Waals surface area contributed by atoms with E-state index in [9.17, 15) is 13.2 Å². The number of alkyl halides is 3. The van der Waals surface area contributed by atoms with Crippen LogP contribution >= 0.6 is 0 Å². The zero-order chi connectivity index (χ0) is 24.7. The third-order valence-electron chi connectivity index (χ3n) is 6.38. The summed E-state index contributed by atoms with van der Waals surface area (Å²) in [6, 6.07) is 11.8. The number of pyridine rings is 2. The molecular weight excluding hydrogens is 469 g/mol. The lowest BCUT2D eigenvalue weighted by molar-refractivity contribution is -0.140. The topological polar surface area (TPSA) is 86.7 Å². The summed E-state index contributed by atoms with van der Waals surface area (Å²) in [5.74, 6) is 1.41. The minimum atomic E-state index is -4.54. The zero-order valence-electron chi connectivity index (χ0n) is 19.1. The second-order valence-corrected chi connectivity index (χ2v) is 8.58. The molecule has 1 aliphatic heterocycles. The monoisotopic (exact) mass is 490 g/mol. The highest BCUT2D eigenvalue weighted by atomic mass is 19.4. The van der Waals surface area contributed by atoms with Gasteiger partial charge in [0.05, 0.1) is 11.8 Å². The zero-order valence-corrected chi connectivity index (χ0v) is 19.1. The van der Waals surface area contributed by atoms with Gasteiger partial charge in [-0.2, -0.15) is 13.2 Å². The van der Waals surface area contributed by atoms with Crippen molar-refractivity contribution in [2.75, 3.05) is 36.0 Å². The molecule has 6 rings (SSSR count). The molecular formula is C25H21F3N8. The molecule has 0 aliphatic carbocycles. The van der Waals surface area contributed by atoms with Crippen LogP contribution in [-0.2, 0) is 6.18 Å². The quantitative estimate of drug-likeness (QED) is 0.392. The first-order valence-corrected chi connectivity index (χ1v) is 11.6. The van der Waals surface area contributed by atoms with Gasteiger partial charge in [0.15, 0.2) is 11.5 Å². The number of rotatable bonds is 3. The number of anilines is 2. The van der Waals surface area contributed by atoms with Crippen LogP contribution in [0.25, 0.3) is 33.2 Å². The molecule has 8 nitrogen and oxygen atoms in total. The van der Waals surface area contributed by atoms with Crippen molar-refractivity contribution >= 4 is 33.7 Å². The van der Waals surface area contributed by atoms with E-state index in [2.05, 4.69) is 34.7 Å². The molecule has 0 atom stereocenters. The first-order chi connectivity index (χ1) is 17.5. The average molecular weight is 490 g/mol. The third-order valence-corrected chi connectivity index (χ3v) is 6.38. The summed E-state index contributed by atoms with van der Waals surface area (Å²) in [6.45, 7) is 2.73. The molecule has 1 saturated heterocycles. The summed E-state index contributed by atoms with van der Waals surface area (Å²) >= 11 is 0. The molecule has 1 aromatic carbocycles. The number of halogens is 3. The number of hydrogen-bond acceptors (Lipinski definition) is 7. The predicted octanol–water partition coefficient (Wildman–Crippen LogP) is 4.70. The van der Waals surface area contributed by atoms with Gasteiger partial charge in [-0.1, -0.05) is 30.3 Å². The van der Waals surface area contributed by atoms with E-state index in [1.165, 1.54) is 12.4 Å². The fourth-order valence-electron chi connectivity index (χ4n) is 4.67. The Kier molecular flexibility index (Phi) is 5.39. The molecule has 0 radical (unpaired) electrons. The number of aromatic nitrogens is 6. The van der Waals surface area contributed by atoms with Crippen LogP contribution in [0.2, 0.25) is 0 Å². The van der Waals surface area contributed by atoms with Crippen molar-refractivity contribution in [3.05, 3.63) is 67.0 Å². The number of imidazole rings is 1. The molecule has 1 aliphatic rings. The van der Waals surface area contributed by atoms with Crippen molar-refractivity contribution < 1.29 is 13.2 Å². The molecule has 0 amide bonds. The lowest BCUT2D eigenvalue weighted by Gasteiger charge is -2.25. The van der Waals surface area contributed by atoms with Crippen molar-refractivity contribution in [1.29, 1.82) is 0 Å². The number of hydrogen-bond donors (Lipinski definition) is 1. The van der Waals surface area contributed by atoms with Crippen LogP contribution in [0.4, 0.5) is 24.8 Å². The van der Waals surface area contributed by atoms with Crippen LogP contribution in [0.3, 0.4) is 0 Å². The summed E-state index contributed by atoms with van der Waals surface area (Å²) in [6.07, 6.45) is 1.00. The third kappa shape index (κ3) is 3.96. The van der Waals surface area contributed by atoms with Crippen molar-refractivity contribution in [2.24, 2.45) is 0 Å². The minimum absolute atomic E-state index is 0.289. The summed E-state index contributed by atoms with van der Waals surface area (Å²) in [5, 5.41) is 0.593. The summed E-state index contributed by atoms with van der Waals surface area (Å²) in [7, 11) is 0. The predicted molar refractivity (Wildman–Crippen MR) is 131 cm³/mol. The Morgan fingerprint density at radius 2 is 1.58 bits per heavy atom. The summed E-state index contributed by atoms with van der Waals surface area (Å²) < 4.78 is 40.6. The van der Waals surface area contributed by atoms with Crippen LogP contribution < -0.4 is 9.80 Å². The number of H-pyrrole nitrogens is 1. The molecule has 5 aromatic rings. The van der Waals surface area contributed by atoms with E-state index in [0.717, 1.165) is 35.9 Å². The first kappa shape index (κ1) is 22.2. The van der Waals surface area contributed by atoms with Gasteiger partial charge in [0, 0.05) is 43.3 Å². The first-order valence-electron chi connectivity index (χ1n) is 11.6. The Hall–Kier alpha value is -4.28. The average Bonchev–Trinajstić information content (AvgIpc) is 3.25. The van der Waals surface area contributed by atoms with Gasteiger partial charge >= 0.3 is 6.18 Å². The van der Waals surface area contributed by atoms with E-state index in [0.29, 0.717) is 42.0 Å². The molecule has 0 saturated carbocycles. The van der Waals surface area contributed by atoms with E-state index >= 15 is 0 Å². The van der Waals surface area contributed by atoms with Crippen molar-refractivity contribution in [1.82, 2.24) is 29.9 Å². The number of nitrogens with zero attached hydrogens (tertiary/aromatic N) is 7. The van der Waals surface area contributed by atoms with Crippen molar-refractivity contribution in [3.8, 4) is 11.1 Å². The molecule has 182 valence electrons. The van der Waals surface area contributed by atoms with Crippen LogP contribution in [0.1, 0.15) is 12.1 Å². The standard InChI is InChI=1S/C25H21F3N8/c26-25(27,28)19-8-7-17-20(34-19)18(16-5-2-1-3-6-16)13-29-23(17)35-9-4-10-36(12-11-35)24-21-22(31-14-30-21)32-15-33-24/h1-3,5-8,13-15H,4,9-12H2,(H,30,31,32,33). The van der Waals surface area contributed by atoms with Gasteiger partial charge in [-0.3, -0.25) is 0 Å². The molecule has 5 heterocycles. The highest BCUT2D eigenvalue weighted by Gasteiger charge is 2.33. The minimum Gasteiger partial charge on any atom is -0.354 e. The molecule has 0 spiro atoms. The summed E-state index contributed by atoms with van der Waals surface area (Å²) in [4.78, 5) is 29.0. The largest absolute Gasteiger partial charge is 0.433 e. The Morgan fingerprint density at radius 3 is 2.36 bits per heavy atom. The van der Waals surface area contributed by atoms with Crippen LogP contribution in [0.15, 0.2) is 61.3 Å². The molecule has 4 aromatic heterocycles. The number of benzene rings is 1. The van der Waals surface area contributed by atoms with Crippen molar-refractivity contribution in [2.45, 2.75) is 12.6 Å². The van der Waals surface area contributed by atoms with Crippen LogP contribution in [0.5, 0.6) is 0 Å². The SMILES string of the molecule is FC(F)(F)c1ccc2c(N3CCCN(c4ncnc5nc[nH]c45)CC3)ncc(-c3ccccc3)c2n1. The summed E-state index contributed by atoms with van der Waals surface area (Å²) in [5.41, 5.74) is 2.10. The van der Waals surface area contributed by atoms with Crippen LogP contribution in [0, 0.1) is 0 Å². The highest BCUT2D eigenvalue weighted by Crippen LogP contribution is 2.36. The van der Waals surface area contributed by atoms with Gasteiger partial charge in [-0.25, -0.2) is 24.9 Å². The Labute approximate surface area is 203 Å². The Balaban J connectivity index is 1.38. The maximum absolute atomic E-state index is 13.5. The highest BCUT2D eigenvalue weighted by molar-refractivity contribution is 5.99. The van der Waals surface area contributed by atoms with Gasteiger partial charge in [0.1, 0.15) is 23.4 Å². The smallest absolute Gasteiger partial charge is 0.354 e. The van der Waals surface area contributed by atoms with E-state index < -0.39 is 11.9 Å². The maximum atomic E-state index is 13.5. The Morgan fingerprint density at radius 1 is 0.806 bits per heavy atom. The van der Waals surface area contributed by atoms with Crippen LogP contribution in [-0.4, -0.2) is 56.1 Å². The molecule has 1 fully saturated rings. The van der Waals surface area contributed by atoms with E-state index in [-0.39, 0.29) is 5.52 Å². The Bertz CT molecular complexity index is 1530. The lowest BCUT2D eigenvalue weighted by atomic mass is 10.0. The van der Waals surface area contributed by atoms with E-state index in [4.69, 9.17) is 4.98 Å². The van der Waals surface area contributed by atoms with E-state index in [1.54, 1.807) is 12.5 Å². The molecule has 36 heavy (non-hydrogen) atoms. The van der Waals surface area contributed by atoms with E-state index in [1.807, 2.05) is 30.3 Å². The number of aromatic amines is 1. The second-order valence-electron chi connectivity index (χ2n) is 8.58. The number of fused-ring (bicyclic) bond motifs is 2. The lowest BCUT2D eigenvalue weighted by Crippen LogP contribution is -2.32. The second kappa shape index (κ2) is 8.74.